The number of para-hydroxylation sites is 1. The summed E-state index contributed by atoms with van der Waals surface area (Å²) in [6, 6.07) is 13.0. The standard InChI is InChI=1S/C18H18N2O4S/c1-25(23,24)16-9-3-2-8-15(16)19-18(22)13-6-4-7-14(12-13)20-11-5-10-17(20)21/h2-4,6-9,12H,5,10-11H2,1H3,(H,19,22). The lowest BCUT2D eigenvalue weighted by molar-refractivity contribution is -0.117. The minimum Gasteiger partial charge on any atom is -0.321 e. The average Bonchev–Trinajstić information content (AvgIpc) is 3.00. The Balaban J connectivity index is 1.87. The first-order valence-corrected chi connectivity index (χ1v) is 9.76. The Morgan fingerprint density at radius 3 is 2.56 bits per heavy atom. The van der Waals surface area contributed by atoms with Gasteiger partial charge in [0.2, 0.25) is 5.91 Å². The molecule has 2 amide bonds. The molecule has 3 rings (SSSR count). The summed E-state index contributed by atoms with van der Waals surface area (Å²) in [5.74, 6) is -0.385. The van der Waals surface area contributed by atoms with Crippen LogP contribution in [0.15, 0.2) is 53.4 Å². The SMILES string of the molecule is CS(=O)(=O)c1ccccc1NC(=O)c1cccc(N2CCCC2=O)c1. The van der Waals surface area contributed by atoms with Crippen LogP contribution in [0.3, 0.4) is 0 Å². The lowest BCUT2D eigenvalue weighted by Gasteiger charge is -2.16. The third kappa shape index (κ3) is 3.71. The van der Waals surface area contributed by atoms with Crippen LogP contribution in [-0.2, 0) is 14.6 Å². The van der Waals surface area contributed by atoms with E-state index in [0.29, 0.717) is 24.2 Å². The second-order valence-electron chi connectivity index (χ2n) is 5.92. The van der Waals surface area contributed by atoms with Gasteiger partial charge in [-0.3, -0.25) is 9.59 Å². The lowest BCUT2D eigenvalue weighted by Crippen LogP contribution is -2.24. The summed E-state index contributed by atoms with van der Waals surface area (Å²) in [6.07, 6.45) is 2.41. The maximum Gasteiger partial charge on any atom is 0.255 e. The molecule has 0 unspecified atom stereocenters. The van der Waals surface area contributed by atoms with Crippen molar-refractivity contribution in [2.24, 2.45) is 0 Å². The first-order chi connectivity index (χ1) is 11.9. The Bertz CT molecular complexity index is 938. The highest BCUT2D eigenvalue weighted by molar-refractivity contribution is 7.90. The molecule has 7 heteroatoms. The molecule has 25 heavy (non-hydrogen) atoms. The van der Waals surface area contributed by atoms with Crippen LogP contribution in [0.5, 0.6) is 0 Å². The molecule has 6 nitrogen and oxygen atoms in total. The predicted octanol–water partition coefficient (Wildman–Crippen LogP) is 2.47. The van der Waals surface area contributed by atoms with Gasteiger partial charge in [0.15, 0.2) is 9.84 Å². The van der Waals surface area contributed by atoms with Crippen LogP contribution >= 0.6 is 0 Å². The highest BCUT2D eigenvalue weighted by Gasteiger charge is 2.22. The van der Waals surface area contributed by atoms with Gasteiger partial charge in [-0.25, -0.2) is 8.42 Å². The minimum absolute atomic E-state index is 0.0416. The van der Waals surface area contributed by atoms with E-state index in [9.17, 15) is 18.0 Å². The van der Waals surface area contributed by atoms with Gasteiger partial charge in [0.05, 0.1) is 10.6 Å². The fraction of sp³-hybridized carbons (Fsp3) is 0.222. The molecule has 130 valence electrons. The van der Waals surface area contributed by atoms with E-state index in [1.54, 1.807) is 47.4 Å². The van der Waals surface area contributed by atoms with Crippen molar-refractivity contribution in [2.45, 2.75) is 17.7 Å². The molecule has 0 saturated carbocycles. The normalized spacial score (nSPS) is 14.6. The number of benzene rings is 2. The molecular formula is C18H18N2O4S. The number of hydrogen-bond donors (Lipinski definition) is 1. The van der Waals surface area contributed by atoms with E-state index in [1.807, 2.05) is 0 Å². The Labute approximate surface area is 146 Å². The highest BCUT2D eigenvalue weighted by atomic mass is 32.2. The number of hydrogen-bond acceptors (Lipinski definition) is 4. The number of sulfone groups is 1. The van der Waals surface area contributed by atoms with E-state index in [1.165, 1.54) is 6.07 Å². The van der Waals surface area contributed by atoms with Crippen LogP contribution in [0.1, 0.15) is 23.2 Å². The summed E-state index contributed by atoms with van der Waals surface area (Å²) >= 11 is 0. The topological polar surface area (TPSA) is 83.6 Å². The first-order valence-electron chi connectivity index (χ1n) is 7.87. The third-order valence-electron chi connectivity index (χ3n) is 4.03. The Morgan fingerprint density at radius 2 is 1.88 bits per heavy atom. The van der Waals surface area contributed by atoms with Crippen LogP contribution in [-0.4, -0.2) is 33.0 Å². The molecule has 0 spiro atoms. The molecule has 0 aliphatic carbocycles. The van der Waals surface area contributed by atoms with Crippen molar-refractivity contribution in [2.75, 3.05) is 23.0 Å². The van der Waals surface area contributed by atoms with E-state index >= 15 is 0 Å². The van der Waals surface area contributed by atoms with Crippen LogP contribution < -0.4 is 10.2 Å². The van der Waals surface area contributed by atoms with Gasteiger partial charge in [0, 0.05) is 30.5 Å². The van der Waals surface area contributed by atoms with Crippen molar-refractivity contribution in [3.8, 4) is 0 Å². The fourth-order valence-electron chi connectivity index (χ4n) is 2.82. The summed E-state index contributed by atoms with van der Waals surface area (Å²) < 4.78 is 23.7. The zero-order valence-corrected chi connectivity index (χ0v) is 14.5. The summed E-state index contributed by atoms with van der Waals surface area (Å²) in [5, 5.41) is 2.64. The molecule has 0 radical (unpaired) electrons. The van der Waals surface area contributed by atoms with E-state index in [0.717, 1.165) is 12.7 Å². The monoisotopic (exact) mass is 358 g/mol. The van der Waals surface area contributed by atoms with Crippen LogP contribution in [0, 0.1) is 0 Å². The van der Waals surface area contributed by atoms with Crippen molar-refractivity contribution >= 4 is 33.0 Å². The summed E-state index contributed by atoms with van der Waals surface area (Å²) in [7, 11) is -3.46. The van der Waals surface area contributed by atoms with E-state index in [4.69, 9.17) is 0 Å². The molecule has 0 bridgehead atoms. The summed E-state index contributed by atoms with van der Waals surface area (Å²) in [6.45, 7) is 0.640. The smallest absolute Gasteiger partial charge is 0.255 e. The maximum atomic E-state index is 12.5. The quantitative estimate of drug-likeness (QED) is 0.910. The van der Waals surface area contributed by atoms with Crippen molar-refractivity contribution in [1.29, 1.82) is 0 Å². The fourth-order valence-corrected chi connectivity index (χ4v) is 3.67. The van der Waals surface area contributed by atoms with Crippen molar-refractivity contribution in [3.63, 3.8) is 0 Å². The minimum atomic E-state index is -3.46. The second kappa shape index (κ2) is 6.68. The van der Waals surface area contributed by atoms with Gasteiger partial charge in [-0.2, -0.15) is 0 Å². The van der Waals surface area contributed by atoms with Crippen LogP contribution in [0.25, 0.3) is 0 Å². The first kappa shape index (κ1) is 17.2. The molecule has 1 aliphatic heterocycles. The van der Waals surface area contributed by atoms with Gasteiger partial charge in [0.1, 0.15) is 0 Å². The van der Waals surface area contributed by atoms with E-state index in [-0.39, 0.29) is 16.5 Å². The molecular weight excluding hydrogens is 340 g/mol. The van der Waals surface area contributed by atoms with Gasteiger partial charge >= 0.3 is 0 Å². The Morgan fingerprint density at radius 1 is 1.12 bits per heavy atom. The van der Waals surface area contributed by atoms with Crippen molar-refractivity contribution in [3.05, 3.63) is 54.1 Å². The predicted molar refractivity (Wildman–Crippen MR) is 95.5 cm³/mol. The van der Waals surface area contributed by atoms with Crippen molar-refractivity contribution < 1.29 is 18.0 Å². The van der Waals surface area contributed by atoms with Crippen LogP contribution in [0.2, 0.25) is 0 Å². The molecule has 2 aromatic carbocycles. The van der Waals surface area contributed by atoms with E-state index < -0.39 is 15.7 Å². The molecule has 2 aromatic rings. The zero-order valence-electron chi connectivity index (χ0n) is 13.7. The van der Waals surface area contributed by atoms with E-state index in [2.05, 4.69) is 5.32 Å². The third-order valence-corrected chi connectivity index (χ3v) is 5.18. The van der Waals surface area contributed by atoms with Gasteiger partial charge in [0.25, 0.3) is 5.91 Å². The number of nitrogens with one attached hydrogen (secondary N) is 1. The number of rotatable bonds is 4. The second-order valence-corrected chi connectivity index (χ2v) is 7.91. The maximum absolute atomic E-state index is 12.5. The molecule has 1 saturated heterocycles. The molecule has 1 N–H and O–H groups in total. The number of carbonyl (C=O) groups is 2. The van der Waals surface area contributed by atoms with Crippen LogP contribution in [0.4, 0.5) is 11.4 Å². The largest absolute Gasteiger partial charge is 0.321 e. The average molecular weight is 358 g/mol. The summed E-state index contributed by atoms with van der Waals surface area (Å²) in [4.78, 5) is 26.1. The molecule has 0 atom stereocenters. The molecule has 1 aliphatic rings. The summed E-state index contributed by atoms with van der Waals surface area (Å²) in [5.41, 5.74) is 1.27. The zero-order chi connectivity index (χ0) is 18.0. The number of amides is 2. The number of carbonyl (C=O) groups excluding carboxylic acids is 2. The number of nitrogens with zero attached hydrogens (tertiary/aromatic N) is 1. The lowest BCUT2D eigenvalue weighted by atomic mass is 10.1. The molecule has 1 heterocycles. The Kier molecular flexibility index (Phi) is 4.59. The molecule has 0 aromatic heterocycles. The van der Waals surface area contributed by atoms with Gasteiger partial charge in [-0.15, -0.1) is 0 Å². The highest BCUT2D eigenvalue weighted by Crippen LogP contribution is 2.24. The van der Waals surface area contributed by atoms with Gasteiger partial charge in [-0.1, -0.05) is 18.2 Å². The van der Waals surface area contributed by atoms with Crippen molar-refractivity contribution in [1.82, 2.24) is 0 Å². The number of anilines is 2. The van der Waals surface area contributed by atoms with Gasteiger partial charge < -0.3 is 10.2 Å². The van der Waals surface area contributed by atoms with Gasteiger partial charge in [-0.05, 0) is 36.8 Å². The Hall–Kier alpha value is -2.67. The molecule has 1 fully saturated rings.